The van der Waals surface area contributed by atoms with Gasteiger partial charge in [0.15, 0.2) is 0 Å². The Morgan fingerprint density at radius 2 is 1.56 bits per heavy atom. The van der Waals surface area contributed by atoms with Gasteiger partial charge in [-0.25, -0.2) is 4.98 Å². The van der Waals surface area contributed by atoms with Crippen LogP contribution >= 0.6 is 0 Å². The predicted molar refractivity (Wildman–Crippen MR) is 124 cm³/mol. The fourth-order valence-electron chi connectivity index (χ4n) is 4.09. The van der Waals surface area contributed by atoms with Gasteiger partial charge in [-0.15, -0.1) is 0 Å². The third-order valence-electron chi connectivity index (χ3n) is 5.59. The lowest BCUT2D eigenvalue weighted by Gasteiger charge is -2.14. The number of hydrogen-bond acceptors (Lipinski definition) is 6. The maximum atomic E-state index is 5.78. The minimum Gasteiger partial charge on any atom is -0.497 e. The molecule has 0 unspecified atom stereocenters. The highest BCUT2D eigenvalue weighted by Crippen LogP contribution is 2.40. The van der Waals surface area contributed by atoms with Crippen molar-refractivity contribution in [3.63, 3.8) is 0 Å². The number of ether oxygens (including phenoxy) is 3. The van der Waals surface area contributed by atoms with Crippen LogP contribution in [0.2, 0.25) is 0 Å². The van der Waals surface area contributed by atoms with E-state index in [2.05, 4.69) is 14.5 Å². The van der Waals surface area contributed by atoms with E-state index in [0.717, 1.165) is 56.1 Å². The third kappa shape index (κ3) is 3.10. The lowest BCUT2D eigenvalue weighted by Crippen LogP contribution is -1.98. The molecule has 0 saturated heterocycles. The topological polar surface area (TPSA) is 71.3 Å². The van der Waals surface area contributed by atoms with E-state index in [1.165, 1.54) is 0 Å². The van der Waals surface area contributed by atoms with E-state index < -0.39 is 0 Å². The van der Waals surface area contributed by atoms with Gasteiger partial charge in [0.25, 0.3) is 0 Å². The van der Waals surface area contributed by atoms with Gasteiger partial charge in [-0.1, -0.05) is 0 Å². The lowest BCUT2D eigenvalue weighted by molar-refractivity contribution is 0.410. The molecule has 0 radical (unpaired) electrons. The van der Waals surface area contributed by atoms with Crippen LogP contribution in [0.25, 0.3) is 38.8 Å². The Morgan fingerprint density at radius 3 is 2.28 bits per heavy atom. The maximum Gasteiger partial charge on any atom is 0.129 e. The normalized spacial score (nSPS) is 11.1. The molecule has 0 aliphatic rings. The highest BCUT2D eigenvalue weighted by atomic mass is 16.5. The van der Waals surface area contributed by atoms with Crippen LogP contribution in [-0.2, 0) is 0 Å². The molecule has 5 rings (SSSR count). The zero-order valence-electron chi connectivity index (χ0n) is 18.3. The van der Waals surface area contributed by atoms with Gasteiger partial charge in [0.2, 0.25) is 0 Å². The van der Waals surface area contributed by atoms with Crippen LogP contribution < -0.4 is 14.2 Å². The first kappa shape index (κ1) is 19.8. The summed E-state index contributed by atoms with van der Waals surface area (Å²) < 4.78 is 18.8. The number of pyridine rings is 2. The first-order chi connectivity index (χ1) is 15.6. The summed E-state index contributed by atoms with van der Waals surface area (Å²) in [5, 5.41) is 0.947. The molecular weight excluding hydrogens is 404 g/mol. The van der Waals surface area contributed by atoms with E-state index in [-0.39, 0.29) is 0 Å². The van der Waals surface area contributed by atoms with E-state index in [9.17, 15) is 0 Å². The first-order valence-electron chi connectivity index (χ1n) is 10.1. The molecule has 3 aromatic heterocycles. The Kier molecular flexibility index (Phi) is 4.86. The number of aromatic nitrogens is 4. The molecule has 0 N–H and O–H groups in total. The summed E-state index contributed by atoms with van der Waals surface area (Å²) >= 11 is 0. The molecular formula is C25H22N4O3. The van der Waals surface area contributed by atoms with Gasteiger partial charge < -0.3 is 14.2 Å². The van der Waals surface area contributed by atoms with E-state index in [1.807, 2.05) is 49.4 Å². The summed E-state index contributed by atoms with van der Waals surface area (Å²) in [7, 11) is 4.96. The summed E-state index contributed by atoms with van der Waals surface area (Å²) in [5.41, 5.74) is 5.32. The summed E-state index contributed by atoms with van der Waals surface area (Å²) in [6.07, 6.45) is 5.28. The summed E-state index contributed by atoms with van der Waals surface area (Å²) in [4.78, 5) is 13.7. The average molecular weight is 426 g/mol. The van der Waals surface area contributed by atoms with Crippen molar-refractivity contribution in [2.45, 2.75) is 6.92 Å². The van der Waals surface area contributed by atoms with Crippen LogP contribution in [-0.4, -0.2) is 40.8 Å². The molecule has 5 aromatic rings. The summed E-state index contributed by atoms with van der Waals surface area (Å²) in [5.74, 6) is 3.10. The predicted octanol–water partition coefficient (Wildman–Crippen LogP) is 4.97. The number of methoxy groups -OCH3 is 3. The van der Waals surface area contributed by atoms with E-state index in [1.54, 1.807) is 39.9 Å². The number of nitrogens with zero attached hydrogens (tertiary/aromatic N) is 4. The molecule has 0 bridgehead atoms. The van der Waals surface area contributed by atoms with Gasteiger partial charge >= 0.3 is 0 Å². The molecule has 7 heteroatoms. The van der Waals surface area contributed by atoms with Crippen molar-refractivity contribution >= 4 is 21.9 Å². The third-order valence-corrected chi connectivity index (χ3v) is 5.59. The Hall–Kier alpha value is -4.13. The van der Waals surface area contributed by atoms with Crippen LogP contribution in [0.5, 0.6) is 17.2 Å². The average Bonchev–Trinajstić information content (AvgIpc) is 3.19. The van der Waals surface area contributed by atoms with E-state index >= 15 is 0 Å². The second-order valence-electron chi connectivity index (χ2n) is 7.33. The maximum absolute atomic E-state index is 5.78. The van der Waals surface area contributed by atoms with Crippen LogP contribution in [0, 0.1) is 6.92 Å². The van der Waals surface area contributed by atoms with E-state index in [4.69, 9.17) is 19.2 Å². The number of imidazole rings is 1. The van der Waals surface area contributed by atoms with Crippen molar-refractivity contribution < 1.29 is 14.2 Å². The first-order valence-corrected chi connectivity index (χ1v) is 10.1. The Labute approximate surface area is 185 Å². The number of benzene rings is 2. The molecule has 0 amide bonds. The van der Waals surface area contributed by atoms with Crippen LogP contribution in [0.4, 0.5) is 0 Å². The van der Waals surface area contributed by atoms with Crippen LogP contribution in [0.3, 0.4) is 0 Å². The molecule has 7 nitrogen and oxygen atoms in total. The van der Waals surface area contributed by atoms with Crippen LogP contribution in [0.1, 0.15) is 5.82 Å². The summed E-state index contributed by atoms with van der Waals surface area (Å²) in [6, 6.07) is 13.8. The second-order valence-corrected chi connectivity index (χ2v) is 7.33. The molecule has 0 atom stereocenters. The minimum atomic E-state index is 0.707. The molecule has 2 aromatic carbocycles. The number of fused-ring (bicyclic) bond motifs is 3. The quantitative estimate of drug-likeness (QED) is 0.395. The number of hydrogen-bond donors (Lipinski definition) is 0. The van der Waals surface area contributed by atoms with Gasteiger partial charge in [0.1, 0.15) is 28.6 Å². The molecule has 0 aliphatic carbocycles. The summed E-state index contributed by atoms with van der Waals surface area (Å²) in [6.45, 7) is 1.99. The van der Waals surface area contributed by atoms with E-state index in [0.29, 0.717) is 5.75 Å². The zero-order chi connectivity index (χ0) is 22.2. The molecule has 0 spiro atoms. The van der Waals surface area contributed by atoms with Crippen molar-refractivity contribution in [1.29, 1.82) is 0 Å². The largest absolute Gasteiger partial charge is 0.497 e. The van der Waals surface area contributed by atoms with Crippen molar-refractivity contribution in [1.82, 2.24) is 19.5 Å². The second kappa shape index (κ2) is 7.85. The molecule has 0 aliphatic heterocycles. The van der Waals surface area contributed by atoms with Gasteiger partial charge in [-0.05, 0) is 49.4 Å². The smallest absolute Gasteiger partial charge is 0.129 e. The van der Waals surface area contributed by atoms with Gasteiger partial charge in [-0.2, -0.15) is 0 Å². The van der Waals surface area contributed by atoms with Crippen molar-refractivity contribution in [3.05, 3.63) is 66.9 Å². The molecule has 0 fully saturated rings. The molecule has 160 valence electrons. The molecule has 3 heterocycles. The van der Waals surface area contributed by atoms with Gasteiger partial charge in [0, 0.05) is 34.6 Å². The van der Waals surface area contributed by atoms with Crippen molar-refractivity contribution in [2.75, 3.05) is 21.3 Å². The fourth-order valence-corrected chi connectivity index (χ4v) is 4.09. The number of aryl methyl sites for hydroxylation is 1. The Bertz CT molecular complexity index is 1440. The van der Waals surface area contributed by atoms with Crippen LogP contribution in [0.15, 0.2) is 61.1 Å². The molecule has 32 heavy (non-hydrogen) atoms. The molecule has 0 saturated carbocycles. The van der Waals surface area contributed by atoms with Crippen molar-refractivity contribution in [3.8, 4) is 34.1 Å². The fraction of sp³-hybridized carbons (Fsp3) is 0.160. The van der Waals surface area contributed by atoms with Gasteiger partial charge in [-0.3, -0.25) is 14.5 Å². The highest BCUT2D eigenvalue weighted by molar-refractivity contribution is 6.05. The Morgan fingerprint density at radius 1 is 0.781 bits per heavy atom. The SMILES string of the molecule is COc1ccc(-n2c(C)nc3cnc4cc(-c5cnccc5OC)c(OC)cc4c32)cc1. The standard InChI is InChI=1S/C25H22N4O3/c1-15-28-22-14-27-21-11-18(20-13-26-10-9-23(20)31-3)24(32-4)12-19(21)25(22)29(15)16-5-7-17(30-2)8-6-16/h5-14H,1-4H3. The van der Waals surface area contributed by atoms with Gasteiger partial charge in [0.05, 0.1) is 38.6 Å². The Balaban J connectivity index is 1.80. The minimum absolute atomic E-state index is 0.707. The zero-order valence-corrected chi connectivity index (χ0v) is 18.3. The number of rotatable bonds is 5. The van der Waals surface area contributed by atoms with Crippen molar-refractivity contribution in [2.24, 2.45) is 0 Å². The highest BCUT2D eigenvalue weighted by Gasteiger charge is 2.18. The monoisotopic (exact) mass is 426 g/mol. The lowest BCUT2D eigenvalue weighted by atomic mass is 10.0.